The third kappa shape index (κ3) is 5.04. The van der Waals surface area contributed by atoms with E-state index >= 15 is 0 Å². The number of hydrogen-bond acceptors (Lipinski definition) is 3. The minimum atomic E-state index is -0.690. The molecule has 1 aliphatic carbocycles. The summed E-state index contributed by atoms with van der Waals surface area (Å²) >= 11 is 0. The molecule has 1 saturated carbocycles. The van der Waals surface area contributed by atoms with Crippen LogP contribution in [0.25, 0.3) is 0 Å². The number of carbonyl (C=O) groups excluding carboxylic acids is 1. The molecule has 1 N–H and O–H groups in total. The molecule has 5 nitrogen and oxygen atoms in total. The fourth-order valence-electron chi connectivity index (χ4n) is 2.17. The highest BCUT2D eigenvalue weighted by Crippen LogP contribution is 2.26. The predicted octanol–water partition coefficient (Wildman–Crippen LogP) is 1.51. The molecule has 18 heavy (non-hydrogen) atoms. The van der Waals surface area contributed by atoms with Crippen LogP contribution >= 0.6 is 0 Å². The standard InChI is InChI=1S/C13H23NO4/c1-14(2)12(15)4-3-9-18-11-7-5-10(6-8-11)13(16)17/h10-11H,3-9H2,1-2H3,(H,16,17). The normalized spacial score (nSPS) is 23.7. The Morgan fingerprint density at radius 1 is 1.22 bits per heavy atom. The first kappa shape index (κ1) is 15.0. The number of amides is 1. The Kier molecular flexibility index (Phi) is 6.12. The van der Waals surface area contributed by atoms with Crippen molar-refractivity contribution < 1.29 is 19.4 Å². The van der Waals surface area contributed by atoms with Crippen LogP contribution in [-0.4, -0.2) is 48.7 Å². The van der Waals surface area contributed by atoms with E-state index < -0.39 is 5.97 Å². The van der Waals surface area contributed by atoms with Gasteiger partial charge in [-0.1, -0.05) is 0 Å². The van der Waals surface area contributed by atoms with E-state index in [1.54, 1.807) is 19.0 Å². The largest absolute Gasteiger partial charge is 0.481 e. The molecule has 0 atom stereocenters. The molecule has 1 fully saturated rings. The summed E-state index contributed by atoms with van der Waals surface area (Å²) in [6.45, 7) is 0.585. The summed E-state index contributed by atoms with van der Waals surface area (Å²) in [6, 6.07) is 0. The zero-order valence-corrected chi connectivity index (χ0v) is 11.2. The number of rotatable bonds is 6. The molecule has 0 aromatic rings. The van der Waals surface area contributed by atoms with Gasteiger partial charge in [0.25, 0.3) is 0 Å². The van der Waals surface area contributed by atoms with Crippen LogP contribution in [-0.2, 0) is 14.3 Å². The fraction of sp³-hybridized carbons (Fsp3) is 0.846. The Hall–Kier alpha value is -1.10. The summed E-state index contributed by atoms with van der Waals surface area (Å²) in [5.74, 6) is -0.765. The van der Waals surface area contributed by atoms with Gasteiger partial charge in [0.2, 0.25) is 5.91 Å². The summed E-state index contributed by atoms with van der Waals surface area (Å²) in [6.07, 6.45) is 4.47. The van der Waals surface area contributed by atoms with Gasteiger partial charge in [-0.2, -0.15) is 0 Å². The van der Waals surface area contributed by atoms with E-state index in [1.807, 2.05) is 0 Å². The van der Waals surface area contributed by atoms with E-state index in [1.165, 1.54) is 0 Å². The van der Waals surface area contributed by atoms with E-state index in [4.69, 9.17) is 9.84 Å². The zero-order chi connectivity index (χ0) is 13.5. The molecule has 0 aromatic heterocycles. The van der Waals surface area contributed by atoms with Crippen molar-refractivity contribution in [3.63, 3.8) is 0 Å². The second-order valence-electron chi connectivity index (χ2n) is 5.07. The Morgan fingerprint density at radius 2 is 1.83 bits per heavy atom. The van der Waals surface area contributed by atoms with Gasteiger partial charge in [-0.15, -0.1) is 0 Å². The SMILES string of the molecule is CN(C)C(=O)CCCOC1CCC(C(=O)O)CC1. The molecule has 0 heterocycles. The van der Waals surface area contributed by atoms with Crippen LogP contribution in [0, 0.1) is 5.92 Å². The lowest BCUT2D eigenvalue weighted by Crippen LogP contribution is -2.26. The number of aliphatic carboxylic acids is 1. The second kappa shape index (κ2) is 7.36. The minimum absolute atomic E-state index is 0.119. The summed E-state index contributed by atoms with van der Waals surface area (Å²) < 4.78 is 5.68. The molecular weight excluding hydrogens is 234 g/mol. The van der Waals surface area contributed by atoms with Gasteiger partial charge in [0.1, 0.15) is 0 Å². The summed E-state index contributed by atoms with van der Waals surface area (Å²) in [5.41, 5.74) is 0. The third-order valence-electron chi connectivity index (χ3n) is 3.41. The fourth-order valence-corrected chi connectivity index (χ4v) is 2.17. The molecule has 0 radical (unpaired) electrons. The van der Waals surface area contributed by atoms with E-state index in [0.29, 0.717) is 25.9 Å². The third-order valence-corrected chi connectivity index (χ3v) is 3.41. The molecule has 5 heteroatoms. The van der Waals surface area contributed by atoms with Gasteiger partial charge < -0.3 is 14.7 Å². The topological polar surface area (TPSA) is 66.8 Å². The van der Waals surface area contributed by atoms with Crippen LogP contribution in [0.2, 0.25) is 0 Å². The Bertz CT molecular complexity index is 283. The lowest BCUT2D eigenvalue weighted by molar-refractivity contribution is -0.144. The van der Waals surface area contributed by atoms with Gasteiger partial charge >= 0.3 is 5.97 Å². The van der Waals surface area contributed by atoms with Crippen molar-refractivity contribution in [1.82, 2.24) is 4.90 Å². The van der Waals surface area contributed by atoms with Crippen molar-refractivity contribution in [1.29, 1.82) is 0 Å². The summed E-state index contributed by atoms with van der Waals surface area (Å²) in [5, 5.41) is 8.87. The molecule has 104 valence electrons. The van der Waals surface area contributed by atoms with Crippen LogP contribution in [0.15, 0.2) is 0 Å². The molecule has 1 aliphatic rings. The molecule has 0 bridgehead atoms. The average Bonchev–Trinajstić information content (AvgIpc) is 2.34. The highest BCUT2D eigenvalue weighted by atomic mass is 16.5. The summed E-state index contributed by atoms with van der Waals surface area (Å²) in [4.78, 5) is 23.7. The molecular formula is C13H23NO4. The maximum atomic E-state index is 11.3. The maximum Gasteiger partial charge on any atom is 0.306 e. The van der Waals surface area contributed by atoms with Crippen molar-refractivity contribution in [2.75, 3.05) is 20.7 Å². The molecule has 1 rings (SSSR count). The molecule has 0 aliphatic heterocycles. The first-order valence-corrected chi connectivity index (χ1v) is 6.55. The van der Waals surface area contributed by atoms with E-state index in [2.05, 4.69) is 0 Å². The molecule has 0 saturated heterocycles. The smallest absolute Gasteiger partial charge is 0.306 e. The predicted molar refractivity (Wildman–Crippen MR) is 67.3 cm³/mol. The maximum absolute atomic E-state index is 11.3. The quantitative estimate of drug-likeness (QED) is 0.732. The van der Waals surface area contributed by atoms with Crippen molar-refractivity contribution >= 4 is 11.9 Å². The lowest BCUT2D eigenvalue weighted by Gasteiger charge is -2.26. The number of carboxylic acid groups (broad SMARTS) is 1. The number of hydrogen-bond donors (Lipinski definition) is 1. The molecule has 0 spiro atoms. The molecule has 0 unspecified atom stereocenters. The minimum Gasteiger partial charge on any atom is -0.481 e. The van der Waals surface area contributed by atoms with E-state index in [0.717, 1.165) is 19.3 Å². The van der Waals surface area contributed by atoms with Crippen molar-refractivity contribution in [3.05, 3.63) is 0 Å². The van der Waals surface area contributed by atoms with Crippen molar-refractivity contribution in [2.24, 2.45) is 5.92 Å². The van der Waals surface area contributed by atoms with Crippen LogP contribution in [0.1, 0.15) is 38.5 Å². The van der Waals surface area contributed by atoms with Gasteiger partial charge in [0, 0.05) is 27.1 Å². The zero-order valence-electron chi connectivity index (χ0n) is 11.2. The molecule has 1 amide bonds. The molecule has 0 aromatic carbocycles. The van der Waals surface area contributed by atoms with E-state index in [-0.39, 0.29) is 17.9 Å². The van der Waals surface area contributed by atoms with Gasteiger partial charge in [-0.25, -0.2) is 0 Å². The number of ether oxygens (including phenoxy) is 1. The van der Waals surface area contributed by atoms with Crippen LogP contribution < -0.4 is 0 Å². The first-order valence-electron chi connectivity index (χ1n) is 6.55. The Morgan fingerprint density at radius 3 is 2.33 bits per heavy atom. The van der Waals surface area contributed by atoms with E-state index in [9.17, 15) is 9.59 Å². The van der Waals surface area contributed by atoms with Gasteiger partial charge in [-0.05, 0) is 32.1 Å². The Labute approximate surface area is 108 Å². The van der Waals surface area contributed by atoms with Crippen LogP contribution in [0.3, 0.4) is 0 Å². The number of carbonyl (C=O) groups is 2. The van der Waals surface area contributed by atoms with Crippen molar-refractivity contribution in [3.8, 4) is 0 Å². The van der Waals surface area contributed by atoms with Crippen molar-refractivity contribution in [2.45, 2.75) is 44.6 Å². The monoisotopic (exact) mass is 257 g/mol. The summed E-state index contributed by atoms with van der Waals surface area (Å²) in [7, 11) is 3.49. The number of nitrogens with zero attached hydrogens (tertiary/aromatic N) is 1. The Balaban J connectivity index is 2.08. The lowest BCUT2D eigenvalue weighted by atomic mass is 9.87. The van der Waals surface area contributed by atoms with Gasteiger partial charge in [0.15, 0.2) is 0 Å². The van der Waals surface area contributed by atoms with Crippen LogP contribution in [0.4, 0.5) is 0 Å². The average molecular weight is 257 g/mol. The number of carboxylic acids is 1. The second-order valence-corrected chi connectivity index (χ2v) is 5.07. The van der Waals surface area contributed by atoms with Gasteiger partial charge in [-0.3, -0.25) is 9.59 Å². The van der Waals surface area contributed by atoms with Crippen LogP contribution in [0.5, 0.6) is 0 Å². The highest BCUT2D eigenvalue weighted by molar-refractivity contribution is 5.75. The van der Waals surface area contributed by atoms with Gasteiger partial charge in [0.05, 0.1) is 12.0 Å². The first-order chi connectivity index (χ1) is 8.50. The highest BCUT2D eigenvalue weighted by Gasteiger charge is 2.26.